The molecule has 1 saturated heterocycles. The molecule has 0 bridgehead atoms. The molecule has 1 atom stereocenters. The first-order chi connectivity index (χ1) is 8.65. The van der Waals surface area contributed by atoms with E-state index < -0.39 is 0 Å². The van der Waals surface area contributed by atoms with Gasteiger partial charge in [0.05, 0.1) is 0 Å². The zero-order chi connectivity index (χ0) is 13.0. The molecule has 1 heterocycles. The summed E-state index contributed by atoms with van der Waals surface area (Å²) in [6.07, 6.45) is 0.540. The minimum absolute atomic E-state index is 0.0748. The Labute approximate surface area is 120 Å². The molecule has 18 heavy (non-hydrogen) atoms. The molecule has 1 aromatic carbocycles. The van der Waals surface area contributed by atoms with Crippen molar-refractivity contribution in [3.05, 3.63) is 28.2 Å². The Morgan fingerprint density at radius 3 is 3.11 bits per heavy atom. The van der Waals surface area contributed by atoms with Crippen molar-refractivity contribution in [2.24, 2.45) is 0 Å². The van der Waals surface area contributed by atoms with Gasteiger partial charge in [0, 0.05) is 40.7 Å². The largest absolute Gasteiger partial charge is 0.326 e. The quantitative estimate of drug-likeness (QED) is 0.896. The Morgan fingerprint density at radius 2 is 2.44 bits per heavy atom. The van der Waals surface area contributed by atoms with E-state index in [-0.39, 0.29) is 5.91 Å². The van der Waals surface area contributed by atoms with Crippen LogP contribution in [0.3, 0.4) is 0 Å². The van der Waals surface area contributed by atoms with Crippen molar-refractivity contribution >= 4 is 39.3 Å². The first kappa shape index (κ1) is 13.9. The molecule has 2 rings (SSSR count). The number of hydrogen-bond donors (Lipinski definition) is 2. The van der Waals surface area contributed by atoms with Crippen LogP contribution in [0.4, 0.5) is 5.69 Å². The van der Waals surface area contributed by atoms with Gasteiger partial charge in [0.2, 0.25) is 5.91 Å². The average Bonchev–Trinajstić information content (AvgIpc) is 2.35. The first-order valence-corrected chi connectivity index (χ1v) is 7.97. The van der Waals surface area contributed by atoms with Gasteiger partial charge in [-0.15, -0.1) is 0 Å². The molecule has 1 fully saturated rings. The highest BCUT2D eigenvalue weighted by molar-refractivity contribution is 9.10. The van der Waals surface area contributed by atoms with Crippen LogP contribution in [0.25, 0.3) is 0 Å². The van der Waals surface area contributed by atoms with Crippen LogP contribution in [-0.2, 0) is 4.79 Å². The van der Waals surface area contributed by atoms with Crippen LogP contribution in [0.15, 0.2) is 22.7 Å². The third-order valence-corrected chi connectivity index (χ3v) is 4.87. The lowest BCUT2D eigenvalue weighted by molar-refractivity contribution is -0.116. The lowest BCUT2D eigenvalue weighted by Gasteiger charge is -2.22. The summed E-state index contributed by atoms with van der Waals surface area (Å²) in [6, 6.07) is 6.17. The van der Waals surface area contributed by atoms with Crippen molar-refractivity contribution in [3.8, 4) is 0 Å². The van der Waals surface area contributed by atoms with Gasteiger partial charge in [-0.2, -0.15) is 11.8 Å². The fourth-order valence-corrected chi connectivity index (χ4v) is 3.19. The second-order valence-corrected chi connectivity index (χ2v) is 6.45. The van der Waals surface area contributed by atoms with Crippen LogP contribution in [0.5, 0.6) is 0 Å². The van der Waals surface area contributed by atoms with Gasteiger partial charge in [-0.3, -0.25) is 4.79 Å². The van der Waals surface area contributed by atoms with E-state index in [1.54, 1.807) is 0 Å². The van der Waals surface area contributed by atoms with Crippen LogP contribution < -0.4 is 10.6 Å². The third kappa shape index (κ3) is 4.00. The Bertz CT molecular complexity index is 433. The van der Waals surface area contributed by atoms with Gasteiger partial charge in [0.25, 0.3) is 0 Å². The normalized spacial score (nSPS) is 19.6. The first-order valence-electron chi connectivity index (χ1n) is 6.02. The zero-order valence-corrected chi connectivity index (χ0v) is 12.7. The van der Waals surface area contributed by atoms with Crippen molar-refractivity contribution in [1.29, 1.82) is 0 Å². The second-order valence-electron chi connectivity index (χ2n) is 4.44. The number of carbonyl (C=O) groups excluding carboxylic acids is 1. The maximum absolute atomic E-state index is 11.9. The Morgan fingerprint density at radius 1 is 1.61 bits per heavy atom. The highest BCUT2D eigenvalue weighted by Crippen LogP contribution is 2.21. The summed E-state index contributed by atoms with van der Waals surface area (Å²) >= 11 is 5.37. The molecule has 98 valence electrons. The summed E-state index contributed by atoms with van der Waals surface area (Å²) in [5.41, 5.74) is 2.01. The van der Waals surface area contributed by atoms with E-state index in [1.165, 1.54) is 5.56 Å². The molecular weight excluding hydrogens is 312 g/mol. The molecule has 1 unspecified atom stereocenters. The molecule has 5 heteroatoms. The molecular formula is C13H17BrN2OS. The Kier molecular flexibility index (Phi) is 5.09. The minimum Gasteiger partial charge on any atom is -0.326 e. The number of carbonyl (C=O) groups is 1. The number of halogens is 1. The van der Waals surface area contributed by atoms with E-state index in [0.717, 1.165) is 28.2 Å². The smallest absolute Gasteiger partial charge is 0.225 e. The van der Waals surface area contributed by atoms with Crippen LogP contribution in [0, 0.1) is 6.92 Å². The van der Waals surface area contributed by atoms with Crippen LogP contribution >= 0.6 is 27.7 Å². The van der Waals surface area contributed by atoms with Gasteiger partial charge in [-0.25, -0.2) is 0 Å². The van der Waals surface area contributed by atoms with Crippen molar-refractivity contribution in [1.82, 2.24) is 5.32 Å². The van der Waals surface area contributed by atoms with E-state index in [2.05, 4.69) is 26.6 Å². The summed E-state index contributed by atoms with van der Waals surface area (Å²) in [5.74, 6) is 2.24. The number of hydrogen-bond acceptors (Lipinski definition) is 3. The highest BCUT2D eigenvalue weighted by Gasteiger charge is 2.16. The van der Waals surface area contributed by atoms with Gasteiger partial charge in [0.15, 0.2) is 0 Å². The van der Waals surface area contributed by atoms with Gasteiger partial charge >= 0.3 is 0 Å². The molecule has 0 aliphatic carbocycles. The van der Waals surface area contributed by atoms with Crippen LogP contribution in [0.2, 0.25) is 0 Å². The van der Waals surface area contributed by atoms with Crippen molar-refractivity contribution < 1.29 is 4.79 Å². The van der Waals surface area contributed by atoms with Gasteiger partial charge < -0.3 is 10.6 Å². The maximum atomic E-state index is 11.9. The Hall–Kier alpha value is -0.520. The standard InChI is InChI=1S/C13H17BrN2OS/c1-9-2-3-10(6-12(9)14)16-13(17)7-11-8-18-5-4-15-11/h2-3,6,11,15H,4-5,7-8H2,1H3,(H,16,17). The van der Waals surface area contributed by atoms with E-state index in [0.29, 0.717) is 12.5 Å². The van der Waals surface area contributed by atoms with E-state index in [1.807, 2.05) is 36.9 Å². The summed E-state index contributed by atoms with van der Waals surface area (Å²) in [6.45, 7) is 3.03. The number of thioether (sulfide) groups is 1. The molecule has 1 aromatic rings. The second kappa shape index (κ2) is 6.59. The molecule has 0 radical (unpaired) electrons. The average molecular weight is 329 g/mol. The van der Waals surface area contributed by atoms with E-state index in [9.17, 15) is 4.79 Å². The summed E-state index contributed by atoms with van der Waals surface area (Å²) in [7, 11) is 0. The minimum atomic E-state index is 0.0748. The number of aryl methyl sites for hydroxylation is 1. The molecule has 0 spiro atoms. The lowest BCUT2D eigenvalue weighted by atomic mass is 10.2. The van der Waals surface area contributed by atoms with Crippen LogP contribution in [-0.4, -0.2) is 30.0 Å². The lowest BCUT2D eigenvalue weighted by Crippen LogP contribution is -2.39. The maximum Gasteiger partial charge on any atom is 0.225 e. The number of amides is 1. The number of nitrogens with one attached hydrogen (secondary N) is 2. The molecule has 2 N–H and O–H groups in total. The molecule has 1 aliphatic rings. The van der Waals surface area contributed by atoms with Crippen molar-refractivity contribution in [3.63, 3.8) is 0 Å². The molecule has 0 aromatic heterocycles. The van der Waals surface area contributed by atoms with Crippen LogP contribution in [0.1, 0.15) is 12.0 Å². The van der Waals surface area contributed by atoms with Gasteiger partial charge in [0.1, 0.15) is 0 Å². The molecule has 1 amide bonds. The zero-order valence-electron chi connectivity index (χ0n) is 10.3. The van der Waals surface area contributed by atoms with Gasteiger partial charge in [-0.05, 0) is 24.6 Å². The number of benzene rings is 1. The predicted octanol–water partition coefficient (Wildman–Crippen LogP) is 2.79. The monoisotopic (exact) mass is 328 g/mol. The predicted molar refractivity (Wildman–Crippen MR) is 81.2 cm³/mol. The highest BCUT2D eigenvalue weighted by atomic mass is 79.9. The molecule has 1 aliphatic heterocycles. The van der Waals surface area contributed by atoms with Crippen molar-refractivity contribution in [2.45, 2.75) is 19.4 Å². The summed E-state index contributed by atoms with van der Waals surface area (Å²) < 4.78 is 1.02. The molecule has 3 nitrogen and oxygen atoms in total. The summed E-state index contributed by atoms with van der Waals surface area (Å²) in [5, 5.41) is 6.30. The fourth-order valence-electron chi connectivity index (χ4n) is 1.86. The molecule has 0 saturated carbocycles. The van der Waals surface area contributed by atoms with E-state index in [4.69, 9.17) is 0 Å². The third-order valence-electron chi connectivity index (χ3n) is 2.89. The SMILES string of the molecule is Cc1ccc(NC(=O)CC2CSCCN2)cc1Br. The van der Waals surface area contributed by atoms with Gasteiger partial charge in [-0.1, -0.05) is 22.0 Å². The number of anilines is 1. The summed E-state index contributed by atoms with van der Waals surface area (Å²) in [4.78, 5) is 11.9. The topological polar surface area (TPSA) is 41.1 Å². The fraction of sp³-hybridized carbons (Fsp3) is 0.462. The Balaban J connectivity index is 1.88. The van der Waals surface area contributed by atoms with E-state index >= 15 is 0 Å². The number of rotatable bonds is 3. The van der Waals surface area contributed by atoms with Crippen molar-refractivity contribution in [2.75, 3.05) is 23.4 Å².